The van der Waals surface area contributed by atoms with Gasteiger partial charge < -0.3 is 9.47 Å². The van der Waals surface area contributed by atoms with E-state index in [4.69, 9.17) is 9.47 Å². The largest absolute Gasteiger partial charge is 0.458 e. The Balaban J connectivity index is 1.80. The minimum absolute atomic E-state index is 0.00820. The lowest BCUT2D eigenvalue weighted by atomic mass is 9.45. The second kappa shape index (κ2) is 8.70. The van der Waals surface area contributed by atoms with Crippen LogP contribution in [0.15, 0.2) is 23.8 Å². The molecule has 7 atom stereocenters. The summed E-state index contributed by atoms with van der Waals surface area (Å²) >= 11 is 0. The molecule has 4 aliphatic carbocycles. The molecule has 0 aliphatic heterocycles. The van der Waals surface area contributed by atoms with Gasteiger partial charge in [-0.2, -0.15) is 0 Å². The fourth-order valence-corrected chi connectivity index (χ4v) is 7.34. The fraction of sp³-hybridized carbons (Fsp3) is 0.667. The lowest BCUT2D eigenvalue weighted by Crippen LogP contribution is -2.69. The van der Waals surface area contributed by atoms with Gasteiger partial charge in [0.15, 0.2) is 29.4 Å². The highest BCUT2D eigenvalue weighted by Crippen LogP contribution is 2.69. The molecule has 0 amide bonds. The lowest BCUT2D eigenvalue weighted by Gasteiger charge is -2.60. The number of esters is 2. The number of ether oxygens (including phenoxy) is 2. The van der Waals surface area contributed by atoms with Gasteiger partial charge in [0.25, 0.3) is 0 Å². The van der Waals surface area contributed by atoms with Crippen LogP contribution in [0.4, 0.5) is 8.78 Å². The lowest BCUT2D eigenvalue weighted by molar-refractivity contribution is -0.201. The number of carbonyl (C=O) groups excluding carboxylic acids is 5. The monoisotopic (exact) mass is 506 g/mol. The molecule has 0 radical (unpaired) electrons. The van der Waals surface area contributed by atoms with Gasteiger partial charge in [-0.25, -0.2) is 8.78 Å². The van der Waals surface area contributed by atoms with Crippen molar-refractivity contribution in [2.75, 3.05) is 6.61 Å². The van der Waals surface area contributed by atoms with E-state index >= 15 is 8.78 Å². The number of ketones is 3. The van der Waals surface area contributed by atoms with Gasteiger partial charge in [0.2, 0.25) is 5.78 Å². The number of hydrogen-bond acceptors (Lipinski definition) is 7. The molecule has 0 heterocycles. The molecule has 0 saturated heterocycles. The average Bonchev–Trinajstić information content (AvgIpc) is 3.08. The summed E-state index contributed by atoms with van der Waals surface area (Å²) in [7, 11) is 0. The summed E-state index contributed by atoms with van der Waals surface area (Å²) in [5.74, 6) is -5.06. The van der Waals surface area contributed by atoms with Crippen molar-refractivity contribution < 1.29 is 42.2 Å². The molecule has 0 N–H and O–H groups in total. The van der Waals surface area contributed by atoms with Crippen LogP contribution < -0.4 is 0 Å². The first-order valence-corrected chi connectivity index (χ1v) is 12.5. The van der Waals surface area contributed by atoms with Crippen LogP contribution in [0.2, 0.25) is 0 Å². The zero-order chi connectivity index (χ0) is 26.7. The number of rotatable bonds is 6. The summed E-state index contributed by atoms with van der Waals surface area (Å²) in [6.45, 7) is 5.32. The van der Waals surface area contributed by atoms with Crippen molar-refractivity contribution in [3.05, 3.63) is 23.8 Å². The van der Waals surface area contributed by atoms with Crippen LogP contribution in [0.3, 0.4) is 0 Å². The molecule has 7 nitrogen and oxygen atoms in total. The average molecular weight is 507 g/mol. The van der Waals surface area contributed by atoms with Crippen LogP contribution in [0, 0.1) is 22.7 Å². The Bertz CT molecular complexity index is 1100. The van der Waals surface area contributed by atoms with Crippen molar-refractivity contribution in [3.63, 3.8) is 0 Å². The van der Waals surface area contributed by atoms with E-state index in [-0.39, 0.29) is 31.3 Å². The third-order valence-electron chi connectivity index (χ3n) is 9.11. The molecule has 9 heteroatoms. The molecule has 0 aromatic rings. The van der Waals surface area contributed by atoms with Gasteiger partial charge in [-0.1, -0.05) is 19.9 Å². The van der Waals surface area contributed by atoms with E-state index < -0.39 is 82.4 Å². The van der Waals surface area contributed by atoms with E-state index in [1.807, 2.05) is 0 Å². The maximum atomic E-state index is 17.1. The van der Waals surface area contributed by atoms with E-state index in [0.29, 0.717) is 6.42 Å². The van der Waals surface area contributed by atoms with Crippen LogP contribution in [-0.2, 0) is 33.4 Å². The van der Waals surface area contributed by atoms with E-state index in [0.717, 1.165) is 19.1 Å². The Morgan fingerprint density at radius 3 is 2.50 bits per heavy atom. The predicted octanol–water partition coefficient (Wildman–Crippen LogP) is 3.73. The molecule has 0 spiro atoms. The van der Waals surface area contributed by atoms with Crippen molar-refractivity contribution in [1.82, 2.24) is 0 Å². The minimum atomic E-state index is -2.49. The summed E-state index contributed by atoms with van der Waals surface area (Å²) in [4.78, 5) is 63.3. The van der Waals surface area contributed by atoms with Crippen LogP contribution >= 0.6 is 0 Å². The van der Waals surface area contributed by atoms with Crippen molar-refractivity contribution in [1.29, 1.82) is 0 Å². The molecule has 36 heavy (non-hydrogen) atoms. The van der Waals surface area contributed by atoms with Crippen molar-refractivity contribution in [3.8, 4) is 0 Å². The first kappa shape index (κ1) is 26.4. The van der Waals surface area contributed by atoms with Gasteiger partial charge in [0, 0.05) is 31.1 Å². The Labute approximate surface area is 208 Å². The zero-order valence-electron chi connectivity index (χ0n) is 21.0. The minimum Gasteiger partial charge on any atom is -0.458 e. The number of fused-ring (bicyclic) bond motifs is 5. The highest BCUT2D eigenvalue weighted by molar-refractivity contribution is 6.03. The zero-order valence-corrected chi connectivity index (χ0v) is 21.0. The molecule has 0 bridgehead atoms. The molecule has 4 rings (SSSR count). The third kappa shape index (κ3) is 3.44. The van der Waals surface area contributed by atoms with Crippen LogP contribution in [-0.4, -0.2) is 53.3 Å². The Hall–Kier alpha value is -2.71. The smallest absolute Gasteiger partial charge is 0.306 e. The van der Waals surface area contributed by atoms with Crippen molar-refractivity contribution in [2.24, 2.45) is 22.7 Å². The van der Waals surface area contributed by atoms with Gasteiger partial charge in [-0.05, 0) is 56.3 Å². The number of Topliss-reactive ketones (excluding diaryl/α,β-unsaturated/α-hetero) is 2. The maximum Gasteiger partial charge on any atom is 0.306 e. The second-order valence-electron chi connectivity index (χ2n) is 11.0. The van der Waals surface area contributed by atoms with Gasteiger partial charge in [0.1, 0.15) is 6.17 Å². The van der Waals surface area contributed by atoms with E-state index in [9.17, 15) is 24.0 Å². The Morgan fingerprint density at radius 1 is 1.17 bits per heavy atom. The van der Waals surface area contributed by atoms with Gasteiger partial charge in [-0.3, -0.25) is 24.0 Å². The number of hydrogen-bond donors (Lipinski definition) is 0. The van der Waals surface area contributed by atoms with Crippen molar-refractivity contribution >= 4 is 29.3 Å². The van der Waals surface area contributed by atoms with Crippen LogP contribution in [0.5, 0.6) is 0 Å². The van der Waals surface area contributed by atoms with Crippen LogP contribution in [0.1, 0.15) is 66.2 Å². The summed E-state index contributed by atoms with van der Waals surface area (Å²) in [5, 5.41) is 0. The van der Waals surface area contributed by atoms with Gasteiger partial charge >= 0.3 is 11.9 Å². The molecule has 3 saturated carbocycles. The highest BCUT2D eigenvalue weighted by atomic mass is 19.1. The van der Waals surface area contributed by atoms with Crippen molar-refractivity contribution in [2.45, 2.75) is 83.7 Å². The first-order valence-electron chi connectivity index (χ1n) is 12.5. The van der Waals surface area contributed by atoms with E-state index in [1.165, 1.54) is 13.0 Å². The SMILES string of the molecule is CCCC(=O)O[C@]1(C(=O)COC(C)=O)CC[C@H]2[C@@H]3C[C@H](F)C4=CC(=O)C=C[C@]4(C)[C@@]3(F)C(=O)C[C@@]21C. The molecule has 0 aromatic heterocycles. The number of halogens is 2. The normalized spacial score (nSPS) is 41.1. The molecule has 196 valence electrons. The van der Waals surface area contributed by atoms with E-state index in [1.54, 1.807) is 13.8 Å². The topological polar surface area (TPSA) is 104 Å². The summed E-state index contributed by atoms with van der Waals surface area (Å²) in [6.07, 6.45) is 1.85. The number of carbonyl (C=O) groups is 5. The maximum absolute atomic E-state index is 17.1. The first-order chi connectivity index (χ1) is 16.8. The third-order valence-corrected chi connectivity index (χ3v) is 9.11. The molecular weight excluding hydrogens is 474 g/mol. The molecule has 4 aliphatic rings. The molecular formula is C27H32F2O7. The van der Waals surface area contributed by atoms with Gasteiger partial charge in [0.05, 0.1) is 5.41 Å². The summed E-state index contributed by atoms with van der Waals surface area (Å²) in [6, 6.07) is 0. The molecule has 3 fully saturated rings. The highest BCUT2D eigenvalue weighted by Gasteiger charge is 2.76. The Morgan fingerprint density at radius 2 is 1.86 bits per heavy atom. The molecule has 0 aromatic carbocycles. The second-order valence-corrected chi connectivity index (χ2v) is 11.0. The van der Waals surface area contributed by atoms with Crippen LogP contribution in [0.25, 0.3) is 0 Å². The quantitative estimate of drug-likeness (QED) is 0.506. The fourth-order valence-electron chi connectivity index (χ4n) is 7.34. The molecule has 0 unspecified atom stereocenters. The number of alkyl halides is 2. The van der Waals surface area contributed by atoms with E-state index in [2.05, 4.69) is 0 Å². The standard InChI is InChI=1S/C27H32F2O7/c1-5-6-23(34)36-26(22(33)14-35-15(2)30)10-8-17-18-12-20(28)19-11-16(31)7-9-24(19,3)27(18,29)21(32)13-25(17,26)4/h7,9,11,17-18,20H,5-6,8,10,12-14H2,1-4H3/t17-,18-,20-,24-,25-,26-,27-/m0/s1. The number of allylic oxidation sites excluding steroid dienone is 4. The predicted molar refractivity (Wildman–Crippen MR) is 123 cm³/mol. The Kier molecular flexibility index (Phi) is 6.37. The van der Waals surface area contributed by atoms with Gasteiger partial charge in [-0.15, -0.1) is 0 Å². The summed E-state index contributed by atoms with van der Waals surface area (Å²) < 4.78 is 43.4. The summed E-state index contributed by atoms with van der Waals surface area (Å²) in [5.41, 5.74) is -7.32.